The predicted molar refractivity (Wildman–Crippen MR) is 69.8 cm³/mol. The van der Waals surface area contributed by atoms with Crippen molar-refractivity contribution < 1.29 is 4.39 Å². The van der Waals surface area contributed by atoms with E-state index in [4.69, 9.17) is 11.6 Å². The minimum atomic E-state index is -0.362. The molecule has 1 N–H and O–H groups in total. The number of hydrogen-bond acceptors (Lipinski definition) is 2. The lowest BCUT2D eigenvalue weighted by molar-refractivity contribution is 0.626. The van der Waals surface area contributed by atoms with E-state index in [0.29, 0.717) is 28.3 Å². The molecule has 2 aromatic rings. The predicted octanol–water partition coefficient (Wildman–Crippen LogP) is 3.55. The van der Waals surface area contributed by atoms with E-state index in [-0.39, 0.29) is 5.82 Å². The second kappa shape index (κ2) is 5.51. The summed E-state index contributed by atoms with van der Waals surface area (Å²) < 4.78 is 15.4. The molecule has 17 heavy (non-hydrogen) atoms. The van der Waals surface area contributed by atoms with Crippen LogP contribution in [0.3, 0.4) is 0 Å². The molecule has 2 rings (SSSR count). The molecule has 0 aliphatic carbocycles. The fourth-order valence-corrected chi connectivity index (χ4v) is 2.40. The Labute approximate surface area is 112 Å². The highest BCUT2D eigenvalue weighted by Crippen LogP contribution is 2.31. The second-order valence-corrected chi connectivity index (χ2v) is 4.70. The topological polar surface area (TPSA) is 29.9 Å². The molecule has 0 aliphatic rings. The molecule has 1 heterocycles. The van der Waals surface area contributed by atoms with Crippen LogP contribution in [0.5, 0.6) is 0 Å². The lowest BCUT2D eigenvalue weighted by Gasteiger charge is -2.10. The van der Waals surface area contributed by atoms with Crippen LogP contribution >= 0.6 is 27.5 Å². The number of nitrogens with zero attached hydrogens (tertiary/aromatic N) is 2. The van der Waals surface area contributed by atoms with Gasteiger partial charge in [0.15, 0.2) is 0 Å². The first-order valence-electron chi connectivity index (χ1n) is 5.02. The number of nitrogens with one attached hydrogen (secondary N) is 1. The van der Waals surface area contributed by atoms with Gasteiger partial charge in [-0.05, 0) is 34.1 Å². The van der Waals surface area contributed by atoms with Crippen molar-refractivity contribution in [3.8, 4) is 0 Å². The van der Waals surface area contributed by atoms with E-state index in [1.54, 1.807) is 10.9 Å². The highest BCUT2D eigenvalue weighted by atomic mass is 79.9. The molecule has 0 bridgehead atoms. The van der Waals surface area contributed by atoms with Crippen LogP contribution in [0.4, 0.5) is 10.1 Å². The quantitative estimate of drug-likeness (QED) is 0.934. The second-order valence-electron chi connectivity index (χ2n) is 3.44. The van der Waals surface area contributed by atoms with Gasteiger partial charge in [-0.1, -0.05) is 11.6 Å². The maximum absolute atomic E-state index is 13.0. The Bertz CT molecular complexity index is 478. The van der Waals surface area contributed by atoms with Crippen molar-refractivity contribution in [3.63, 3.8) is 0 Å². The van der Waals surface area contributed by atoms with Gasteiger partial charge in [0.05, 0.1) is 17.3 Å². The lowest BCUT2D eigenvalue weighted by atomic mass is 10.3. The fraction of sp³-hybridized carbons (Fsp3) is 0.182. The molecular weight excluding hydrogens is 308 g/mol. The molecule has 3 nitrogen and oxygen atoms in total. The summed E-state index contributed by atoms with van der Waals surface area (Å²) in [5.41, 5.74) is 0.695. The number of aromatic nitrogens is 2. The summed E-state index contributed by atoms with van der Waals surface area (Å²) in [7, 11) is 0. The van der Waals surface area contributed by atoms with Crippen LogP contribution in [-0.2, 0) is 6.54 Å². The van der Waals surface area contributed by atoms with E-state index in [9.17, 15) is 4.39 Å². The van der Waals surface area contributed by atoms with E-state index < -0.39 is 0 Å². The Kier molecular flexibility index (Phi) is 4.02. The summed E-state index contributed by atoms with van der Waals surface area (Å²) in [6, 6.07) is 4.52. The maximum atomic E-state index is 13.0. The van der Waals surface area contributed by atoms with Crippen LogP contribution in [0.15, 0.2) is 35.1 Å². The molecule has 6 heteroatoms. The van der Waals surface area contributed by atoms with Gasteiger partial charge in [-0.2, -0.15) is 5.10 Å². The van der Waals surface area contributed by atoms with Crippen molar-refractivity contribution in [1.29, 1.82) is 0 Å². The molecule has 0 radical (unpaired) electrons. The molecular formula is C11H10BrClFN3. The van der Waals surface area contributed by atoms with Crippen molar-refractivity contribution in [1.82, 2.24) is 9.78 Å². The third-order valence-corrected chi connectivity index (χ3v) is 3.13. The highest BCUT2D eigenvalue weighted by molar-refractivity contribution is 9.10. The maximum Gasteiger partial charge on any atom is 0.125 e. The minimum Gasteiger partial charge on any atom is -0.381 e. The fourth-order valence-electron chi connectivity index (χ4n) is 1.44. The first-order valence-corrected chi connectivity index (χ1v) is 6.20. The number of benzene rings is 1. The van der Waals surface area contributed by atoms with E-state index in [0.717, 1.165) is 0 Å². The molecule has 0 atom stereocenters. The molecule has 0 saturated heterocycles. The standard InChI is InChI=1S/C11H10BrClFN3/c12-9-6-8(14)7-10(13)11(9)15-3-5-17-4-1-2-16-17/h1-2,4,6-7,15H,3,5H2. The molecule has 1 aromatic carbocycles. The highest BCUT2D eigenvalue weighted by Gasteiger charge is 2.07. The van der Waals surface area contributed by atoms with Crippen molar-refractivity contribution >= 4 is 33.2 Å². The summed E-state index contributed by atoms with van der Waals surface area (Å²) in [5, 5.41) is 7.58. The van der Waals surface area contributed by atoms with E-state index in [1.807, 2.05) is 12.3 Å². The molecule has 0 saturated carbocycles. The summed E-state index contributed by atoms with van der Waals surface area (Å²) >= 11 is 9.21. The van der Waals surface area contributed by atoms with Gasteiger partial charge >= 0.3 is 0 Å². The number of halogens is 3. The third-order valence-electron chi connectivity index (χ3n) is 2.21. The first kappa shape index (κ1) is 12.4. The van der Waals surface area contributed by atoms with E-state index in [1.165, 1.54) is 12.1 Å². The molecule has 0 unspecified atom stereocenters. The Hall–Kier alpha value is -1.07. The van der Waals surface area contributed by atoms with Crippen molar-refractivity contribution in [2.75, 3.05) is 11.9 Å². The van der Waals surface area contributed by atoms with Crippen molar-refractivity contribution in [2.24, 2.45) is 0 Å². The Morgan fingerprint density at radius 1 is 1.47 bits per heavy atom. The molecule has 0 fully saturated rings. The first-order chi connectivity index (χ1) is 8.16. The van der Waals surface area contributed by atoms with Gasteiger partial charge in [-0.3, -0.25) is 4.68 Å². The number of hydrogen-bond donors (Lipinski definition) is 1. The minimum absolute atomic E-state index is 0.359. The number of rotatable bonds is 4. The van der Waals surface area contributed by atoms with E-state index >= 15 is 0 Å². The zero-order valence-electron chi connectivity index (χ0n) is 8.83. The zero-order chi connectivity index (χ0) is 12.3. The largest absolute Gasteiger partial charge is 0.381 e. The molecule has 1 aromatic heterocycles. The Balaban J connectivity index is 1.99. The van der Waals surface area contributed by atoms with Gasteiger partial charge in [0.25, 0.3) is 0 Å². The molecule has 90 valence electrons. The van der Waals surface area contributed by atoms with Crippen LogP contribution in [0.1, 0.15) is 0 Å². The van der Waals surface area contributed by atoms with Crippen LogP contribution in [-0.4, -0.2) is 16.3 Å². The van der Waals surface area contributed by atoms with Crippen LogP contribution in [0.2, 0.25) is 5.02 Å². The summed E-state index contributed by atoms with van der Waals surface area (Å²) in [6.45, 7) is 1.37. The van der Waals surface area contributed by atoms with Crippen molar-refractivity contribution in [2.45, 2.75) is 6.54 Å². The van der Waals surface area contributed by atoms with Gasteiger partial charge in [-0.25, -0.2) is 4.39 Å². The summed E-state index contributed by atoms with van der Waals surface area (Å²) in [4.78, 5) is 0. The van der Waals surface area contributed by atoms with E-state index in [2.05, 4.69) is 26.3 Å². The average molecular weight is 319 g/mol. The van der Waals surface area contributed by atoms with Gasteiger partial charge in [0.2, 0.25) is 0 Å². The van der Waals surface area contributed by atoms with Gasteiger partial charge in [-0.15, -0.1) is 0 Å². The SMILES string of the molecule is Fc1cc(Cl)c(NCCn2cccn2)c(Br)c1. The zero-order valence-corrected chi connectivity index (χ0v) is 11.2. The monoisotopic (exact) mass is 317 g/mol. The average Bonchev–Trinajstić information content (AvgIpc) is 2.74. The normalized spacial score (nSPS) is 10.5. The third kappa shape index (κ3) is 3.20. The van der Waals surface area contributed by atoms with Crippen LogP contribution in [0, 0.1) is 5.82 Å². The number of anilines is 1. The Morgan fingerprint density at radius 3 is 2.94 bits per heavy atom. The summed E-state index contributed by atoms with van der Waals surface area (Å²) in [5.74, 6) is -0.362. The van der Waals surface area contributed by atoms with Gasteiger partial charge < -0.3 is 5.32 Å². The molecule has 0 aliphatic heterocycles. The van der Waals surface area contributed by atoms with Crippen LogP contribution < -0.4 is 5.32 Å². The molecule has 0 spiro atoms. The lowest BCUT2D eigenvalue weighted by Crippen LogP contribution is -2.11. The van der Waals surface area contributed by atoms with Gasteiger partial charge in [0, 0.05) is 23.4 Å². The van der Waals surface area contributed by atoms with Gasteiger partial charge in [0.1, 0.15) is 5.82 Å². The molecule has 0 amide bonds. The van der Waals surface area contributed by atoms with Crippen LogP contribution in [0.25, 0.3) is 0 Å². The summed E-state index contributed by atoms with van der Waals surface area (Å²) in [6.07, 6.45) is 3.60. The smallest absolute Gasteiger partial charge is 0.125 e. The van der Waals surface area contributed by atoms with Crippen molar-refractivity contribution in [3.05, 3.63) is 45.9 Å². The Morgan fingerprint density at radius 2 is 2.29 bits per heavy atom.